The molecule has 24 heavy (non-hydrogen) atoms. The van der Waals surface area contributed by atoms with Gasteiger partial charge in [-0.05, 0) is 97.7 Å². The largest absolute Gasteiger partial charge is 0.0654 e. The van der Waals surface area contributed by atoms with Crippen LogP contribution in [-0.4, -0.2) is 0 Å². The number of rotatable bonds is 3. The molecule has 4 aliphatic rings. The molecule has 0 heterocycles. The standard InChI is InChI=1S/C24H42/c1-5-8-17(2)20-12-13-21-19-11-10-18-9-6-7-15-23(18,3)22(19)14-16-24(20,21)4/h17-22H,5-16H2,1-4H3/t17?,18-,19?,20?,21?,22?,23-,24+/m0/s1. The molecule has 0 aromatic heterocycles. The monoisotopic (exact) mass is 330 g/mol. The van der Waals surface area contributed by atoms with E-state index in [1.807, 2.05) is 0 Å². The summed E-state index contributed by atoms with van der Waals surface area (Å²) in [4.78, 5) is 0. The highest BCUT2D eigenvalue weighted by Gasteiger charge is 2.59. The molecule has 0 amide bonds. The predicted octanol–water partition coefficient (Wildman–Crippen LogP) is 7.47. The second-order valence-electron chi connectivity index (χ2n) is 10.9. The van der Waals surface area contributed by atoms with Crippen molar-refractivity contribution in [3.63, 3.8) is 0 Å². The topological polar surface area (TPSA) is 0 Å². The van der Waals surface area contributed by atoms with Crippen LogP contribution < -0.4 is 0 Å². The van der Waals surface area contributed by atoms with E-state index in [1.165, 1.54) is 25.7 Å². The molecule has 0 saturated heterocycles. The fraction of sp³-hybridized carbons (Fsp3) is 1.00. The van der Waals surface area contributed by atoms with Crippen molar-refractivity contribution in [1.82, 2.24) is 0 Å². The van der Waals surface area contributed by atoms with Gasteiger partial charge in [0.1, 0.15) is 0 Å². The first kappa shape index (κ1) is 17.4. The molecular formula is C24H42. The first-order chi connectivity index (χ1) is 11.5. The quantitative estimate of drug-likeness (QED) is 0.503. The van der Waals surface area contributed by atoms with Crippen LogP contribution in [0.5, 0.6) is 0 Å². The minimum atomic E-state index is 0.688. The minimum absolute atomic E-state index is 0.688. The third-order valence-corrected chi connectivity index (χ3v) is 10.1. The van der Waals surface area contributed by atoms with Gasteiger partial charge in [-0.3, -0.25) is 0 Å². The Hall–Kier alpha value is 0. The highest BCUT2D eigenvalue weighted by molar-refractivity contribution is 5.09. The van der Waals surface area contributed by atoms with E-state index in [9.17, 15) is 0 Å². The minimum Gasteiger partial charge on any atom is -0.0654 e. The lowest BCUT2D eigenvalue weighted by atomic mass is 9.44. The molecule has 0 aliphatic heterocycles. The molecule has 0 spiro atoms. The van der Waals surface area contributed by atoms with Gasteiger partial charge in [0.2, 0.25) is 0 Å². The van der Waals surface area contributed by atoms with Crippen molar-refractivity contribution in [3.05, 3.63) is 0 Å². The highest BCUT2D eigenvalue weighted by Crippen LogP contribution is 2.68. The maximum absolute atomic E-state index is 2.73. The van der Waals surface area contributed by atoms with Crippen molar-refractivity contribution in [2.45, 2.75) is 105 Å². The van der Waals surface area contributed by atoms with Gasteiger partial charge in [-0.15, -0.1) is 0 Å². The van der Waals surface area contributed by atoms with Crippen molar-refractivity contribution in [2.24, 2.45) is 46.3 Å². The van der Waals surface area contributed by atoms with Crippen LogP contribution in [0.25, 0.3) is 0 Å². The molecule has 0 radical (unpaired) electrons. The second kappa shape index (κ2) is 6.31. The fourth-order valence-corrected chi connectivity index (χ4v) is 8.93. The maximum Gasteiger partial charge on any atom is -0.0264 e. The van der Waals surface area contributed by atoms with Crippen molar-refractivity contribution < 1.29 is 0 Å². The van der Waals surface area contributed by atoms with Crippen LogP contribution in [-0.2, 0) is 0 Å². The van der Waals surface area contributed by atoms with Gasteiger partial charge < -0.3 is 0 Å². The molecule has 0 N–H and O–H groups in total. The molecule has 0 aromatic carbocycles. The summed E-state index contributed by atoms with van der Waals surface area (Å²) in [6.07, 6.45) is 18.4. The van der Waals surface area contributed by atoms with Gasteiger partial charge in [0.25, 0.3) is 0 Å². The molecule has 0 aromatic rings. The zero-order valence-corrected chi connectivity index (χ0v) is 16.9. The molecule has 138 valence electrons. The normalized spacial score (nSPS) is 52.2. The third-order valence-electron chi connectivity index (χ3n) is 10.1. The van der Waals surface area contributed by atoms with Gasteiger partial charge in [-0.2, -0.15) is 0 Å². The molecule has 4 fully saturated rings. The number of fused-ring (bicyclic) bond motifs is 5. The summed E-state index contributed by atoms with van der Waals surface area (Å²) < 4.78 is 0. The lowest BCUT2D eigenvalue weighted by Crippen LogP contribution is -2.53. The van der Waals surface area contributed by atoms with E-state index in [-0.39, 0.29) is 0 Å². The van der Waals surface area contributed by atoms with Crippen LogP contribution in [0, 0.1) is 46.3 Å². The molecule has 0 nitrogen and oxygen atoms in total. The summed E-state index contributed by atoms with van der Waals surface area (Å²) in [5.74, 6) is 6.30. The molecular weight excluding hydrogens is 288 g/mol. The lowest BCUT2D eigenvalue weighted by Gasteiger charge is -2.61. The van der Waals surface area contributed by atoms with Crippen LogP contribution in [0.1, 0.15) is 105 Å². The Balaban J connectivity index is 1.57. The van der Waals surface area contributed by atoms with E-state index in [0.717, 1.165) is 40.9 Å². The smallest absolute Gasteiger partial charge is 0.0264 e. The number of hydrogen-bond acceptors (Lipinski definition) is 0. The first-order valence-electron chi connectivity index (χ1n) is 11.5. The molecule has 5 unspecified atom stereocenters. The predicted molar refractivity (Wildman–Crippen MR) is 104 cm³/mol. The van der Waals surface area contributed by atoms with Gasteiger partial charge >= 0.3 is 0 Å². The Kier molecular flexibility index (Phi) is 4.58. The average Bonchev–Trinajstić information content (AvgIpc) is 2.92. The van der Waals surface area contributed by atoms with E-state index in [4.69, 9.17) is 0 Å². The molecule has 0 heteroatoms. The fourth-order valence-electron chi connectivity index (χ4n) is 8.93. The SMILES string of the molecule is CCCC(C)C1CCC2C3CC[C@@H]4CCCC[C@]4(C)C3CC[C@]12C. The van der Waals surface area contributed by atoms with E-state index < -0.39 is 0 Å². The molecule has 8 atom stereocenters. The van der Waals surface area contributed by atoms with Crippen molar-refractivity contribution in [3.8, 4) is 0 Å². The second-order valence-corrected chi connectivity index (χ2v) is 10.9. The summed E-state index contributed by atoms with van der Waals surface area (Å²) in [7, 11) is 0. The van der Waals surface area contributed by atoms with E-state index in [2.05, 4.69) is 27.7 Å². The van der Waals surface area contributed by atoms with Gasteiger partial charge in [0.05, 0.1) is 0 Å². The highest BCUT2D eigenvalue weighted by atomic mass is 14.6. The lowest BCUT2D eigenvalue weighted by molar-refractivity contribution is -0.114. The zero-order valence-electron chi connectivity index (χ0n) is 16.9. The summed E-state index contributed by atoms with van der Waals surface area (Å²) in [5.41, 5.74) is 1.41. The Labute approximate surface area is 151 Å². The first-order valence-corrected chi connectivity index (χ1v) is 11.5. The molecule has 4 saturated carbocycles. The van der Waals surface area contributed by atoms with Crippen molar-refractivity contribution in [1.29, 1.82) is 0 Å². The van der Waals surface area contributed by atoms with Gasteiger partial charge in [-0.25, -0.2) is 0 Å². The van der Waals surface area contributed by atoms with Crippen LogP contribution in [0.3, 0.4) is 0 Å². The molecule has 0 bridgehead atoms. The summed E-state index contributed by atoms with van der Waals surface area (Å²) >= 11 is 0. The van der Waals surface area contributed by atoms with Crippen LogP contribution >= 0.6 is 0 Å². The van der Waals surface area contributed by atoms with E-state index in [0.29, 0.717) is 5.41 Å². The third kappa shape index (κ3) is 2.44. The Morgan fingerprint density at radius 3 is 2.42 bits per heavy atom. The summed E-state index contributed by atoms with van der Waals surface area (Å²) in [6.45, 7) is 10.4. The van der Waals surface area contributed by atoms with E-state index >= 15 is 0 Å². The summed E-state index contributed by atoms with van der Waals surface area (Å²) in [5, 5.41) is 0. The van der Waals surface area contributed by atoms with Crippen LogP contribution in [0.2, 0.25) is 0 Å². The Bertz CT molecular complexity index is 453. The molecule has 4 aliphatic carbocycles. The van der Waals surface area contributed by atoms with Crippen molar-refractivity contribution >= 4 is 0 Å². The van der Waals surface area contributed by atoms with Gasteiger partial charge in [-0.1, -0.05) is 53.4 Å². The number of hydrogen-bond donors (Lipinski definition) is 0. The Morgan fingerprint density at radius 1 is 0.833 bits per heavy atom. The van der Waals surface area contributed by atoms with Crippen LogP contribution in [0.4, 0.5) is 0 Å². The van der Waals surface area contributed by atoms with Crippen molar-refractivity contribution in [2.75, 3.05) is 0 Å². The Morgan fingerprint density at radius 2 is 1.62 bits per heavy atom. The van der Waals surface area contributed by atoms with Gasteiger partial charge in [0.15, 0.2) is 0 Å². The average molecular weight is 331 g/mol. The summed E-state index contributed by atoms with van der Waals surface area (Å²) in [6, 6.07) is 0. The van der Waals surface area contributed by atoms with Crippen LogP contribution in [0.15, 0.2) is 0 Å². The maximum atomic E-state index is 2.73. The van der Waals surface area contributed by atoms with E-state index in [1.54, 1.807) is 51.4 Å². The molecule has 4 rings (SSSR count). The van der Waals surface area contributed by atoms with Gasteiger partial charge in [0, 0.05) is 0 Å². The zero-order chi connectivity index (χ0) is 16.9.